The highest BCUT2D eigenvalue weighted by Gasteiger charge is 2.10. The van der Waals surface area contributed by atoms with Crippen LogP contribution >= 0.6 is 0 Å². The van der Waals surface area contributed by atoms with Gasteiger partial charge in [0.1, 0.15) is 15.7 Å². The van der Waals surface area contributed by atoms with E-state index >= 15 is 0 Å². The Hall–Kier alpha value is -0.650. The summed E-state index contributed by atoms with van der Waals surface area (Å²) >= 11 is 0. The Bertz CT molecular complexity index is 294. The molecule has 0 saturated heterocycles. The molecule has 0 spiro atoms. The second-order valence-corrected chi connectivity index (χ2v) is 4.42. The third-order valence-corrected chi connectivity index (χ3v) is 2.53. The van der Waals surface area contributed by atoms with E-state index in [2.05, 4.69) is 27.7 Å². The van der Waals surface area contributed by atoms with E-state index in [4.69, 9.17) is 15.7 Å². The summed E-state index contributed by atoms with van der Waals surface area (Å²) in [5, 5.41) is 0. The van der Waals surface area contributed by atoms with E-state index in [0.29, 0.717) is 22.8 Å². The van der Waals surface area contributed by atoms with Crippen LogP contribution in [0.2, 0.25) is 0 Å². The lowest BCUT2D eigenvalue weighted by Gasteiger charge is -2.18. The summed E-state index contributed by atoms with van der Waals surface area (Å²) in [5.74, 6) is 0.991. The lowest BCUT2D eigenvalue weighted by atomic mass is 9.75. The van der Waals surface area contributed by atoms with E-state index in [-0.39, 0.29) is 0 Å². The van der Waals surface area contributed by atoms with E-state index in [1.54, 1.807) is 0 Å². The highest BCUT2D eigenvalue weighted by atomic mass is 14.1. The van der Waals surface area contributed by atoms with Gasteiger partial charge in [0.25, 0.3) is 0 Å². The number of benzene rings is 1. The summed E-state index contributed by atoms with van der Waals surface area (Å²) in [4.78, 5) is 0. The van der Waals surface area contributed by atoms with Crippen molar-refractivity contribution in [2.45, 2.75) is 39.5 Å². The molecule has 0 aromatic heterocycles. The first kappa shape index (κ1) is 11.4. The Morgan fingerprint density at radius 1 is 0.786 bits per heavy atom. The van der Waals surface area contributed by atoms with E-state index in [0.717, 1.165) is 0 Å². The van der Waals surface area contributed by atoms with Crippen LogP contribution in [0.25, 0.3) is 0 Å². The fourth-order valence-electron chi connectivity index (χ4n) is 1.67. The van der Waals surface area contributed by atoms with Gasteiger partial charge in [0.05, 0.1) is 0 Å². The molecule has 14 heavy (non-hydrogen) atoms. The molecule has 0 aliphatic carbocycles. The molecule has 1 aromatic carbocycles. The summed E-state index contributed by atoms with van der Waals surface area (Å²) < 4.78 is 0. The van der Waals surface area contributed by atoms with Gasteiger partial charge >= 0.3 is 0 Å². The molecule has 0 aliphatic rings. The van der Waals surface area contributed by atoms with Gasteiger partial charge in [0.2, 0.25) is 0 Å². The average molecular weight is 182 g/mol. The van der Waals surface area contributed by atoms with Crippen molar-refractivity contribution in [1.29, 1.82) is 0 Å². The summed E-state index contributed by atoms with van der Waals surface area (Å²) in [6, 6.07) is 4.02. The summed E-state index contributed by atoms with van der Waals surface area (Å²) in [6.07, 6.45) is 0. The summed E-state index contributed by atoms with van der Waals surface area (Å²) in [7, 11) is 11.6. The quantitative estimate of drug-likeness (QED) is 0.608. The molecule has 0 aliphatic heterocycles. The van der Waals surface area contributed by atoms with Gasteiger partial charge in [-0.3, -0.25) is 0 Å². The lowest BCUT2D eigenvalue weighted by Crippen LogP contribution is -2.27. The van der Waals surface area contributed by atoms with Crippen LogP contribution in [0, 0.1) is 0 Å². The van der Waals surface area contributed by atoms with Crippen LogP contribution in [0.1, 0.15) is 50.7 Å². The summed E-state index contributed by atoms with van der Waals surface area (Å²) in [5.41, 5.74) is 4.01. The standard InChI is InChI=1S/C12H16B2/c1-7(2)9-5-11(13)12(14)6-10(9)8(3)4/h5-8H,1-4H3. The van der Waals surface area contributed by atoms with Gasteiger partial charge in [-0.15, -0.1) is 10.9 Å². The third kappa shape index (κ3) is 2.23. The fraction of sp³-hybridized carbons (Fsp3) is 0.500. The Morgan fingerprint density at radius 3 is 1.29 bits per heavy atom. The molecule has 2 heteroatoms. The van der Waals surface area contributed by atoms with Crippen LogP contribution < -0.4 is 10.9 Å². The van der Waals surface area contributed by atoms with Crippen molar-refractivity contribution in [3.63, 3.8) is 0 Å². The van der Waals surface area contributed by atoms with E-state index in [1.165, 1.54) is 11.1 Å². The van der Waals surface area contributed by atoms with Crippen molar-refractivity contribution >= 4 is 26.6 Å². The molecule has 1 rings (SSSR count). The zero-order chi connectivity index (χ0) is 10.9. The maximum absolute atomic E-state index is 5.80. The highest BCUT2D eigenvalue weighted by Crippen LogP contribution is 2.24. The zero-order valence-electron chi connectivity index (χ0n) is 9.46. The average Bonchev–Trinajstić information content (AvgIpc) is 2.08. The van der Waals surface area contributed by atoms with Crippen LogP contribution in [-0.4, -0.2) is 15.7 Å². The molecule has 0 saturated carbocycles. The Kier molecular flexibility index (Phi) is 3.47. The van der Waals surface area contributed by atoms with E-state index in [9.17, 15) is 0 Å². The molecule has 0 atom stereocenters. The first-order valence-electron chi connectivity index (χ1n) is 5.12. The summed E-state index contributed by atoms with van der Waals surface area (Å²) in [6.45, 7) is 8.71. The minimum atomic E-state index is 0.496. The van der Waals surface area contributed by atoms with Gasteiger partial charge in [0, 0.05) is 0 Å². The molecular weight excluding hydrogens is 166 g/mol. The van der Waals surface area contributed by atoms with Crippen LogP contribution in [-0.2, 0) is 0 Å². The molecule has 0 nitrogen and oxygen atoms in total. The van der Waals surface area contributed by atoms with Crippen LogP contribution in [0.3, 0.4) is 0 Å². The van der Waals surface area contributed by atoms with Crippen LogP contribution in [0.4, 0.5) is 0 Å². The molecule has 0 fully saturated rings. The van der Waals surface area contributed by atoms with Gasteiger partial charge in [-0.05, 0) is 23.0 Å². The fourth-order valence-corrected chi connectivity index (χ4v) is 1.67. The largest absolute Gasteiger partial charge is 0.112 e. The topological polar surface area (TPSA) is 0 Å². The minimum absolute atomic E-state index is 0.496. The lowest BCUT2D eigenvalue weighted by molar-refractivity contribution is 0.792. The normalized spacial score (nSPS) is 11.3. The van der Waals surface area contributed by atoms with Gasteiger partial charge in [-0.2, -0.15) is 0 Å². The predicted molar refractivity (Wildman–Crippen MR) is 65.4 cm³/mol. The molecule has 0 bridgehead atoms. The maximum Gasteiger partial charge on any atom is 0.112 e. The predicted octanol–water partition coefficient (Wildman–Crippen LogP) is 1.52. The highest BCUT2D eigenvalue weighted by molar-refractivity contribution is 6.48. The molecule has 1 aromatic rings. The molecule has 0 amide bonds. The molecule has 4 radical (unpaired) electrons. The van der Waals surface area contributed by atoms with Gasteiger partial charge < -0.3 is 0 Å². The Labute approximate surface area is 89.9 Å². The molecule has 70 valence electrons. The smallest absolute Gasteiger partial charge is 0.103 e. The second kappa shape index (κ2) is 4.25. The van der Waals surface area contributed by atoms with Crippen molar-refractivity contribution in [1.82, 2.24) is 0 Å². The van der Waals surface area contributed by atoms with Crippen molar-refractivity contribution in [3.05, 3.63) is 23.3 Å². The number of hydrogen-bond donors (Lipinski definition) is 0. The molecule has 0 N–H and O–H groups in total. The maximum atomic E-state index is 5.80. The van der Waals surface area contributed by atoms with Crippen LogP contribution in [0.15, 0.2) is 12.1 Å². The number of hydrogen-bond acceptors (Lipinski definition) is 0. The zero-order valence-corrected chi connectivity index (χ0v) is 9.46. The minimum Gasteiger partial charge on any atom is -0.103 e. The Balaban J connectivity index is 3.31. The van der Waals surface area contributed by atoms with Gasteiger partial charge in [-0.25, -0.2) is 0 Å². The monoisotopic (exact) mass is 182 g/mol. The molecular formula is C12H16B2. The van der Waals surface area contributed by atoms with Gasteiger partial charge in [-0.1, -0.05) is 39.8 Å². The van der Waals surface area contributed by atoms with E-state index in [1.807, 2.05) is 12.1 Å². The van der Waals surface area contributed by atoms with Gasteiger partial charge in [0.15, 0.2) is 0 Å². The first-order chi connectivity index (χ1) is 6.43. The number of rotatable bonds is 2. The van der Waals surface area contributed by atoms with Crippen molar-refractivity contribution in [2.24, 2.45) is 0 Å². The molecule has 0 heterocycles. The first-order valence-corrected chi connectivity index (χ1v) is 5.12. The second-order valence-electron chi connectivity index (χ2n) is 4.42. The SMILES string of the molecule is [B]c1cc(C(C)C)c(C(C)C)cc1[B]. The Morgan fingerprint density at radius 2 is 1.07 bits per heavy atom. The van der Waals surface area contributed by atoms with Crippen molar-refractivity contribution in [2.75, 3.05) is 0 Å². The van der Waals surface area contributed by atoms with Crippen molar-refractivity contribution < 1.29 is 0 Å². The third-order valence-electron chi connectivity index (χ3n) is 2.53. The molecule has 0 unspecified atom stereocenters. The van der Waals surface area contributed by atoms with Crippen LogP contribution in [0.5, 0.6) is 0 Å². The van der Waals surface area contributed by atoms with E-state index < -0.39 is 0 Å². The van der Waals surface area contributed by atoms with Crippen molar-refractivity contribution in [3.8, 4) is 0 Å².